The van der Waals surface area contributed by atoms with Gasteiger partial charge in [-0.05, 0) is 42.8 Å². The number of hydrogen-bond donors (Lipinski definition) is 0. The van der Waals surface area contributed by atoms with Crippen LogP contribution in [-0.4, -0.2) is 12.6 Å². The number of ether oxygens (including phenoxy) is 1. The number of carbonyl (C=O) groups is 1. The number of rotatable bonds is 12. The summed E-state index contributed by atoms with van der Waals surface area (Å²) in [6.07, 6.45) is 8.48. The minimum Gasteiger partial charge on any atom is -0.462 e. The highest BCUT2D eigenvalue weighted by Crippen LogP contribution is 2.31. The van der Waals surface area contributed by atoms with E-state index in [-0.39, 0.29) is 16.9 Å². The van der Waals surface area contributed by atoms with Crippen LogP contribution in [0.15, 0.2) is 99.6 Å². The predicted molar refractivity (Wildman–Crippen MR) is 130 cm³/mol. The summed E-state index contributed by atoms with van der Waals surface area (Å²) < 4.78 is 5.57. The molecule has 0 aliphatic carbocycles. The lowest BCUT2D eigenvalue weighted by Gasteiger charge is -2.09. The molecule has 2 nitrogen and oxygen atoms in total. The van der Waals surface area contributed by atoms with Crippen LogP contribution in [-0.2, 0) is 15.6 Å². The molecule has 0 bridgehead atoms. The van der Waals surface area contributed by atoms with Crippen molar-refractivity contribution in [3.05, 3.63) is 90.5 Å². The summed E-state index contributed by atoms with van der Waals surface area (Å²) in [7, 11) is -0.262. The van der Waals surface area contributed by atoms with E-state index in [1.807, 2.05) is 30.3 Å². The number of carbonyl (C=O) groups excluding carboxylic acids is 1. The van der Waals surface area contributed by atoms with Gasteiger partial charge in [0.1, 0.15) is 0 Å². The standard InChI is InChI=1S/C28H33O2S/c1-2-3-4-5-6-7-14-22-30-28(29)24-16-15-21-27(23-24)31(25-17-10-8-11-18-25)26-19-12-9-13-20-26/h8-13,15-21,23H,2-7,14,22H2,1H3/q+1. The minimum absolute atomic E-state index is 0.225. The fourth-order valence-corrected chi connectivity index (χ4v) is 5.71. The Kier molecular flexibility index (Phi) is 9.72. The Morgan fingerprint density at radius 1 is 0.677 bits per heavy atom. The molecule has 0 radical (unpaired) electrons. The third kappa shape index (κ3) is 7.29. The van der Waals surface area contributed by atoms with Gasteiger partial charge in [0.05, 0.1) is 23.1 Å². The molecule has 0 spiro atoms. The second-order valence-corrected chi connectivity index (χ2v) is 9.74. The number of benzene rings is 3. The van der Waals surface area contributed by atoms with Crippen molar-refractivity contribution < 1.29 is 9.53 Å². The van der Waals surface area contributed by atoms with Crippen LogP contribution >= 0.6 is 0 Å². The van der Waals surface area contributed by atoms with E-state index in [1.54, 1.807) is 0 Å². The highest BCUT2D eigenvalue weighted by atomic mass is 32.2. The smallest absolute Gasteiger partial charge is 0.338 e. The molecule has 3 aromatic rings. The Morgan fingerprint density at radius 3 is 1.84 bits per heavy atom. The van der Waals surface area contributed by atoms with Gasteiger partial charge in [0.25, 0.3) is 0 Å². The monoisotopic (exact) mass is 433 g/mol. The maximum Gasteiger partial charge on any atom is 0.338 e. The molecule has 0 heterocycles. The summed E-state index contributed by atoms with van der Waals surface area (Å²) in [6, 6.07) is 28.9. The van der Waals surface area contributed by atoms with Crippen LogP contribution in [0.5, 0.6) is 0 Å². The molecule has 0 N–H and O–H groups in total. The first-order valence-corrected chi connectivity index (χ1v) is 12.6. The van der Waals surface area contributed by atoms with Crippen molar-refractivity contribution in [3.8, 4) is 0 Å². The lowest BCUT2D eigenvalue weighted by molar-refractivity contribution is 0.0497. The van der Waals surface area contributed by atoms with Gasteiger partial charge in [0, 0.05) is 6.07 Å². The molecule has 0 fully saturated rings. The minimum atomic E-state index is -0.262. The molecular weight excluding hydrogens is 400 g/mol. The van der Waals surface area contributed by atoms with Gasteiger partial charge >= 0.3 is 5.97 Å². The number of hydrogen-bond acceptors (Lipinski definition) is 2. The van der Waals surface area contributed by atoms with Gasteiger partial charge in [-0.2, -0.15) is 0 Å². The second-order valence-electron chi connectivity index (χ2n) is 7.72. The Morgan fingerprint density at radius 2 is 1.23 bits per heavy atom. The summed E-state index contributed by atoms with van der Waals surface area (Å²) in [6.45, 7) is 2.73. The van der Waals surface area contributed by atoms with Crippen LogP contribution < -0.4 is 0 Å². The van der Waals surface area contributed by atoms with Crippen molar-refractivity contribution in [1.29, 1.82) is 0 Å². The molecule has 31 heavy (non-hydrogen) atoms. The van der Waals surface area contributed by atoms with Crippen LogP contribution in [0.2, 0.25) is 0 Å². The Hall–Kier alpha value is -2.52. The van der Waals surface area contributed by atoms with Crippen molar-refractivity contribution in [3.63, 3.8) is 0 Å². The zero-order valence-electron chi connectivity index (χ0n) is 18.5. The third-order valence-electron chi connectivity index (χ3n) is 5.24. The zero-order chi connectivity index (χ0) is 21.7. The molecule has 0 aliphatic heterocycles. The largest absolute Gasteiger partial charge is 0.462 e. The van der Waals surface area contributed by atoms with E-state index < -0.39 is 0 Å². The lowest BCUT2D eigenvalue weighted by Crippen LogP contribution is -2.09. The molecule has 0 amide bonds. The molecule has 0 atom stereocenters. The fraction of sp³-hybridized carbons (Fsp3) is 0.321. The molecule has 0 saturated carbocycles. The quantitative estimate of drug-likeness (QED) is 0.166. The molecule has 0 aromatic heterocycles. The van der Waals surface area contributed by atoms with Crippen molar-refractivity contribution in [2.45, 2.75) is 66.6 Å². The van der Waals surface area contributed by atoms with E-state index in [2.05, 4.69) is 61.5 Å². The van der Waals surface area contributed by atoms with Gasteiger partial charge in [-0.1, -0.05) is 87.9 Å². The van der Waals surface area contributed by atoms with E-state index in [1.165, 1.54) is 41.9 Å². The first kappa shape index (κ1) is 23.1. The molecule has 0 aliphatic rings. The molecule has 0 unspecified atom stereocenters. The fourth-order valence-electron chi connectivity index (χ4n) is 3.58. The lowest BCUT2D eigenvalue weighted by atomic mass is 10.1. The van der Waals surface area contributed by atoms with E-state index in [0.29, 0.717) is 12.2 Å². The Labute approximate surface area is 190 Å². The Balaban J connectivity index is 1.64. The topological polar surface area (TPSA) is 26.3 Å². The summed E-state index contributed by atoms with van der Waals surface area (Å²) in [5, 5.41) is 0. The van der Waals surface area contributed by atoms with Crippen LogP contribution in [0.4, 0.5) is 0 Å². The summed E-state index contributed by atoms with van der Waals surface area (Å²) in [5.74, 6) is -0.225. The first-order chi connectivity index (χ1) is 15.3. The van der Waals surface area contributed by atoms with Crippen LogP contribution in [0.25, 0.3) is 0 Å². The first-order valence-electron chi connectivity index (χ1n) is 11.4. The number of unbranched alkanes of at least 4 members (excludes halogenated alkanes) is 6. The SMILES string of the molecule is CCCCCCCCCOC(=O)c1cccc([S+](c2ccccc2)c2ccccc2)c1. The summed E-state index contributed by atoms with van der Waals surface area (Å²) in [4.78, 5) is 16.3. The Bertz CT molecular complexity index is 869. The number of esters is 1. The van der Waals surface area contributed by atoms with Gasteiger partial charge in [-0.25, -0.2) is 4.79 Å². The molecular formula is C28H33O2S+. The van der Waals surface area contributed by atoms with Crippen molar-refractivity contribution in [2.24, 2.45) is 0 Å². The maximum atomic E-state index is 12.6. The van der Waals surface area contributed by atoms with Gasteiger partial charge < -0.3 is 4.74 Å². The maximum absolute atomic E-state index is 12.6. The van der Waals surface area contributed by atoms with Gasteiger partial charge in [-0.15, -0.1) is 0 Å². The van der Waals surface area contributed by atoms with Crippen molar-refractivity contribution in [1.82, 2.24) is 0 Å². The van der Waals surface area contributed by atoms with Crippen LogP contribution in [0.3, 0.4) is 0 Å². The highest BCUT2D eigenvalue weighted by molar-refractivity contribution is 7.97. The molecule has 3 heteroatoms. The van der Waals surface area contributed by atoms with Gasteiger partial charge in [0.2, 0.25) is 0 Å². The molecule has 0 saturated heterocycles. The average Bonchev–Trinajstić information content (AvgIpc) is 2.82. The van der Waals surface area contributed by atoms with Crippen molar-refractivity contribution in [2.75, 3.05) is 6.61 Å². The van der Waals surface area contributed by atoms with Crippen molar-refractivity contribution >= 4 is 16.9 Å². The highest BCUT2D eigenvalue weighted by Gasteiger charge is 2.29. The zero-order valence-corrected chi connectivity index (χ0v) is 19.3. The third-order valence-corrected chi connectivity index (χ3v) is 7.46. The summed E-state index contributed by atoms with van der Waals surface area (Å²) in [5.41, 5.74) is 0.629. The molecule has 162 valence electrons. The van der Waals surface area contributed by atoms with E-state index in [4.69, 9.17) is 4.74 Å². The second kappa shape index (κ2) is 13.0. The van der Waals surface area contributed by atoms with Crippen LogP contribution in [0, 0.1) is 0 Å². The normalized spacial score (nSPS) is 10.9. The molecule has 3 aromatic carbocycles. The molecule has 3 rings (SSSR count). The van der Waals surface area contributed by atoms with Gasteiger partial charge in [0.15, 0.2) is 14.7 Å². The van der Waals surface area contributed by atoms with E-state index >= 15 is 0 Å². The average molecular weight is 434 g/mol. The summed E-state index contributed by atoms with van der Waals surface area (Å²) >= 11 is 0. The van der Waals surface area contributed by atoms with Crippen LogP contribution in [0.1, 0.15) is 62.2 Å². The van der Waals surface area contributed by atoms with E-state index in [0.717, 1.165) is 17.7 Å². The van der Waals surface area contributed by atoms with Gasteiger partial charge in [-0.3, -0.25) is 0 Å². The predicted octanol–water partition coefficient (Wildman–Crippen LogP) is 7.69. The van der Waals surface area contributed by atoms with E-state index in [9.17, 15) is 4.79 Å².